The van der Waals surface area contributed by atoms with Crippen LogP contribution in [-0.2, 0) is 12.0 Å². The van der Waals surface area contributed by atoms with E-state index in [1.54, 1.807) is 0 Å². The summed E-state index contributed by atoms with van der Waals surface area (Å²) in [5.74, 6) is 1.58. The van der Waals surface area contributed by atoms with E-state index in [1.807, 2.05) is 6.07 Å². The summed E-state index contributed by atoms with van der Waals surface area (Å²) < 4.78 is 5.81. The topological polar surface area (TPSA) is 29.5 Å². The Kier molecular flexibility index (Phi) is 2.62. The van der Waals surface area contributed by atoms with Crippen molar-refractivity contribution in [1.82, 2.24) is 0 Å². The van der Waals surface area contributed by atoms with Gasteiger partial charge in [-0.05, 0) is 43.6 Å². The predicted molar refractivity (Wildman–Crippen MR) is 67.2 cm³/mol. The molecule has 2 unspecified atom stereocenters. The summed E-state index contributed by atoms with van der Waals surface area (Å²) in [5.41, 5.74) is 1.64. The highest BCUT2D eigenvalue weighted by atomic mass is 16.5. The lowest BCUT2D eigenvalue weighted by atomic mass is 9.88. The molecule has 2 heteroatoms. The van der Waals surface area contributed by atoms with Crippen molar-refractivity contribution in [3.63, 3.8) is 0 Å². The Hall–Kier alpha value is -1.02. The van der Waals surface area contributed by atoms with Crippen molar-refractivity contribution in [2.24, 2.45) is 5.92 Å². The van der Waals surface area contributed by atoms with Gasteiger partial charge in [-0.2, -0.15) is 0 Å². The minimum absolute atomic E-state index is 0.611. The van der Waals surface area contributed by atoms with Gasteiger partial charge in [0.1, 0.15) is 5.75 Å². The third kappa shape index (κ3) is 1.85. The number of aliphatic hydroxyl groups is 1. The molecular formula is C15H20O2. The molecule has 0 spiro atoms. The fourth-order valence-corrected chi connectivity index (χ4v) is 3.27. The van der Waals surface area contributed by atoms with Crippen LogP contribution in [0.15, 0.2) is 18.2 Å². The monoisotopic (exact) mass is 232 g/mol. The van der Waals surface area contributed by atoms with Gasteiger partial charge in [-0.1, -0.05) is 25.1 Å². The first-order valence-electron chi connectivity index (χ1n) is 6.66. The molecule has 0 bridgehead atoms. The first-order valence-corrected chi connectivity index (χ1v) is 6.66. The number of hydrogen-bond donors (Lipinski definition) is 1. The smallest absolute Gasteiger partial charge is 0.128 e. The van der Waals surface area contributed by atoms with Gasteiger partial charge in [0, 0.05) is 5.56 Å². The van der Waals surface area contributed by atoms with Crippen LogP contribution in [0.5, 0.6) is 5.75 Å². The molecule has 0 radical (unpaired) electrons. The van der Waals surface area contributed by atoms with Crippen LogP contribution in [0.25, 0.3) is 0 Å². The molecule has 0 saturated heterocycles. The third-order valence-corrected chi connectivity index (χ3v) is 4.17. The molecule has 1 aromatic rings. The molecular weight excluding hydrogens is 212 g/mol. The van der Waals surface area contributed by atoms with Crippen LogP contribution in [0.1, 0.15) is 43.7 Å². The highest BCUT2D eigenvalue weighted by molar-refractivity contribution is 5.46. The molecule has 1 saturated carbocycles. The fraction of sp³-hybridized carbons (Fsp3) is 0.600. The molecule has 1 aliphatic heterocycles. The van der Waals surface area contributed by atoms with E-state index in [0.717, 1.165) is 50.0 Å². The minimum atomic E-state index is -0.651. The Balaban J connectivity index is 2.03. The molecule has 1 aliphatic carbocycles. The second kappa shape index (κ2) is 4.02. The maximum atomic E-state index is 10.8. The van der Waals surface area contributed by atoms with Crippen molar-refractivity contribution >= 4 is 0 Å². The quantitative estimate of drug-likeness (QED) is 0.806. The third-order valence-electron chi connectivity index (χ3n) is 4.17. The number of rotatable bonds is 1. The van der Waals surface area contributed by atoms with Crippen molar-refractivity contribution in [3.05, 3.63) is 29.3 Å². The number of benzene rings is 1. The lowest BCUT2D eigenvalue weighted by Gasteiger charge is -2.29. The SMILES string of the molecule is CC1CCC(O)(c2cccc3c2OCCC3)C1. The van der Waals surface area contributed by atoms with Crippen molar-refractivity contribution in [1.29, 1.82) is 0 Å². The van der Waals surface area contributed by atoms with E-state index in [-0.39, 0.29) is 0 Å². The van der Waals surface area contributed by atoms with Gasteiger partial charge in [-0.3, -0.25) is 0 Å². The van der Waals surface area contributed by atoms with Crippen molar-refractivity contribution in [2.45, 2.75) is 44.6 Å². The van der Waals surface area contributed by atoms with E-state index in [4.69, 9.17) is 4.74 Å². The van der Waals surface area contributed by atoms with Crippen LogP contribution < -0.4 is 4.74 Å². The number of ether oxygens (including phenoxy) is 1. The van der Waals surface area contributed by atoms with Gasteiger partial charge >= 0.3 is 0 Å². The molecule has 17 heavy (non-hydrogen) atoms. The van der Waals surface area contributed by atoms with Crippen LogP contribution in [0.3, 0.4) is 0 Å². The molecule has 1 aromatic carbocycles. The normalized spacial score (nSPS) is 32.0. The molecule has 92 valence electrons. The first-order chi connectivity index (χ1) is 8.19. The van der Waals surface area contributed by atoms with Crippen LogP contribution in [-0.4, -0.2) is 11.7 Å². The second-order valence-electron chi connectivity index (χ2n) is 5.63. The molecule has 3 rings (SSSR count). The Morgan fingerprint density at radius 2 is 2.29 bits per heavy atom. The number of fused-ring (bicyclic) bond motifs is 1. The summed E-state index contributed by atoms with van der Waals surface area (Å²) in [6, 6.07) is 6.23. The largest absolute Gasteiger partial charge is 0.493 e. The molecule has 1 N–H and O–H groups in total. The van der Waals surface area contributed by atoms with Crippen molar-refractivity contribution in [3.8, 4) is 5.75 Å². The summed E-state index contributed by atoms with van der Waals surface area (Å²) in [6.45, 7) is 3.00. The average Bonchev–Trinajstić information content (AvgIpc) is 2.70. The average molecular weight is 232 g/mol. The van der Waals surface area contributed by atoms with Crippen LogP contribution >= 0.6 is 0 Å². The maximum Gasteiger partial charge on any atom is 0.128 e. The number of aryl methyl sites for hydroxylation is 1. The molecule has 2 nitrogen and oxygen atoms in total. The Bertz CT molecular complexity index is 427. The summed E-state index contributed by atoms with van der Waals surface area (Å²) in [5, 5.41) is 10.8. The zero-order chi connectivity index (χ0) is 11.9. The first kappa shape index (κ1) is 11.1. The Morgan fingerprint density at radius 3 is 3.06 bits per heavy atom. The Labute approximate surface area is 103 Å². The van der Waals surface area contributed by atoms with Crippen molar-refractivity contribution < 1.29 is 9.84 Å². The van der Waals surface area contributed by atoms with Crippen molar-refractivity contribution in [2.75, 3.05) is 6.61 Å². The van der Waals surface area contributed by atoms with Gasteiger partial charge in [0.05, 0.1) is 12.2 Å². The van der Waals surface area contributed by atoms with Crippen LogP contribution in [0, 0.1) is 5.92 Å². The Morgan fingerprint density at radius 1 is 1.41 bits per heavy atom. The van der Waals surface area contributed by atoms with E-state index < -0.39 is 5.60 Å². The molecule has 1 fully saturated rings. The zero-order valence-corrected chi connectivity index (χ0v) is 10.4. The minimum Gasteiger partial charge on any atom is -0.493 e. The lowest BCUT2D eigenvalue weighted by Crippen LogP contribution is -2.24. The van der Waals surface area contributed by atoms with E-state index in [0.29, 0.717) is 5.92 Å². The fourth-order valence-electron chi connectivity index (χ4n) is 3.27. The van der Waals surface area contributed by atoms with Gasteiger partial charge < -0.3 is 9.84 Å². The predicted octanol–water partition coefficient (Wildman–Crippen LogP) is 3.02. The summed E-state index contributed by atoms with van der Waals surface area (Å²) in [6.07, 6.45) is 5.01. The van der Waals surface area contributed by atoms with E-state index >= 15 is 0 Å². The van der Waals surface area contributed by atoms with Crippen LogP contribution in [0.2, 0.25) is 0 Å². The van der Waals surface area contributed by atoms with Gasteiger partial charge in [0.15, 0.2) is 0 Å². The molecule has 0 amide bonds. The maximum absolute atomic E-state index is 10.8. The highest BCUT2D eigenvalue weighted by Gasteiger charge is 2.39. The van der Waals surface area contributed by atoms with E-state index in [2.05, 4.69) is 19.1 Å². The molecule has 1 heterocycles. The van der Waals surface area contributed by atoms with Gasteiger partial charge in [-0.25, -0.2) is 0 Å². The molecule has 2 atom stereocenters. The highest BCUT2D eigenvalue weighted by Crippen LogP contribution is 2.46. The number of para-hydroxylation sites is 1. The van der Waals surface area contributed by atoms with E-state index in [9.17, 15) is 5.11 Å². The van der Waals surface area contributed by atoms with Gasteiger partial charge in [0.25, 0.3) is 0 Å². The lowest BCUT2D eigenvalue weighted by molar-refractivity contribution is 0.0370. The number of hydrogen-bond acceptors (Lipinski definition) is 2. The summed E-state index contributed by atoms with van der Waals surface area (Å²) in [7, 11) is 0. The summed E-state index contributed by atoms with van der Waals surface area (Å²) >= 11 is 0. The zero-order valence-electron chi connectivity index (χ0n) is 10.4. The second-order valence-corrected chi connectivity index (χ2v) is 5.63. The standard InChI is InChI=1S/C15H20O2/c1-11-7-8-15(16,10-11)13-6-2-4-12-5-3-9-17-14(12)13/h2,4,6,11,16H,3,5,7-10H2,1H3. The van der Waals surface area contributed by atoms with E-state index in [1.165, 1.54) is 5.56 Å². The molecule has 0 aromatic heterocycles. The summed E-state index contributed by atoms with van der Waals surface area (Å²) in [4.78, 5) is 0. The van der Waals surface area contributed by atoms with Crippen LogP contribution in [0.4, 0.5) is 0 Å². The van der Waals surface area contributed by atoms with Gasteiger partial charge in [0.2, 0.25) is 0 Å². The molecule has 2 aliphatic rings. The van der Waals surface area contributed by atoms with Gasteiger partial charge in [-0.15, -0.1) is 0 Å².